The molecule has 0 amide bonds. The average Bonchev–Trinajstić information content (AvgIpc) is 2.18. The second kappa shape index (κ2) is 9.15. The lowest BCUT2D eigenvalue weighted by atomic mass is 10.2. The zero-order valence-corrected chi connectivity index (χ0v) is 9.81. The highest BCUT2D eigenvalue weighted by atomic mass is 32.2. The molecule has 4 nitrogen and oxygen atoms in total. The number of hydrogen-bond acceptors (Lipinski definition) is 4. The van der Waals surface area contributed by atoms with Crippen molar-refractivity contribution in [1.29, 1.82) is 0 Å². The van der Waals surface area contributed by atoms with Gasteiger partial charge < -0.3 is 16.3 Å². The van der Waals surface area contributed by atoms with Crippen LogP contribution in [-0.2, 0) is 0 Å². The molecule has 0 aliphatic rings. The van der Waals surface area contributed by atoms with Gasteiger partial charge in [0.1, 0.15) is 5.84 Å². The van der Waals surface area contributed by atoms with Gasteiger partial charge in [-0.15, -0.1) is 0 Å². The van der Waals surface area contributed by atoms with Gasteiger partial charge in [-0.05, 0) is 24.9 Å². The largest absolute Gasteiger partial charge is 0.409 e. The molecule has 1 atom stereocenters. The number of nitrogens with zero attached hydrogens (tertiary/aromatic N) is 1. The molecule has 0 spiro atoms. The molecule has 5 heteroatoms. The van der Waals surface area contributed by atoms with E-state index in [0.29, 0.717) is 12.5 Å². The van der Waals surface area contributed by atoms with Crippen LogP contribution >= 0.6 is 11.8 Å². The van der Waals surface area contributed by atoms with Crippen molar-refractivity contribution in [3.8, 4) is 0 Å². The lowest BCUT2D eigenvalue weighted by Crippen LogP contribution is -2.30. The highest BCUT2D eigenvalue weighted by Gasteiger charge is 2.00. The van der Waals surface area contributed by atoms with E-state index >= 15 is 0 Å². The van der Waals surface area contributed by atoms with Gasteiger partial charge >= 0.3 is 0 Å². The summed E-state index contributed by atoms with van der Waals surface area (Å²) in [6.07, 6.45) is 1.76. The fraction of sp³-hybridized carbons (Fsp3) is 0.889. The molecular formula is C9H21N3OS. The molecule has 0 aromatic carbocycles. The summed E-state index contributed by atoms with van der Waals surface area (Å²) in [5.74, 6) is 2.65. The van der Waals surface area contributed by atoms with E-state index in [1.165, 1.54) is 11.5 Å². The predicted octanol–water partition coefficient (Wildman–Crippen LogP) is 1.24. The molecule has 84 valence electrons. The Bertz CT molecular complexity index is 164. The molecule has 0 fully saturated rings. The molecule has 0 radical (unpaired) electrons. The number of rotatable bonds is 8. The quantitative estimate of drug-likeness (QED) is 0.189. The molecule has 0 aromatic heterocycles. The monoisotopic (exact) mass is 219 g/mol. The van der Waals surface area contributed by atoms with Crippen LogP contribution in [0.25, 0.3) is 0 Å². The fourth-order valence-corrected chi connectivity index (χ4v) is 1.81. The van der Waals surface area contributed by atoms with Gasteiger partial charge in [-0.3, -0.25) is 0 Å². The highest BCUT2D eigenvalue weighted by Crippen LogP contribution is 2.03. The Balaban J connectivity index is 3.30. The molecule has 0 aliphatic carbocycles. The molecule has 0 saturated heterocycles. The van der Waals surface area contributed by atoms with Crippen LogP contribution in [0.3, 0.4) is 0 Å². The van der Waals surface area contributed by atoms with E-state index in [4.69, 9.17) is 10.9 Å². The predicted molar refractivity (Wildman–Crippen MR) is 63.1 cm³/mol. The van der Waals surface area contributed by atoms with E-state index in [0.717, 1.165) is 13.0 Å². The third-order valence-corrected chi connectivity index (χ3v) is 2.83. The van der Waals surface area contributed by atoms with E-state index in [1.807, 2.05) is 11.8 Å². The number of oxime groups is 1. The van der Waals surface area contributed by atoms with Crippen LogP contribution in [-0.4, -0.2) is 35.1 Å². The smallest absolute Gasteiger partial charge is 0.140 e. The van der Waals surface area contributed by atoms with Gasteiger partial charge in [0.2, 0.25) is 0 Å². The molecule has 0 rings (SSSR count). The maximum absolute atomic E-state index is 8.31. The van der Waals surface area contributed by atoms with E-state index in [9.17, 15) is 0 Å². The van der Waals surface area contributed by atoms with Gasteiger partial charge in [0.15, 0.2) is 0 Å². The van der Waals surface area contributed by atoms with Crippen molar-refractivity contribution in [3.63, 3.8) is 0 Å². The van der Waals surface area contributed by atoms with Gasteiger partial charge in [-0.25, -0.2) is 0 Å². The minimum absolute atomic E-state index is 0.285. The first-order chi connectivity index (χ1) is 6.70. The van der Waals surface area contributed by atoms with Crippen molar-refractivity contribution in [2.75, 3.05) is 18.1 Å². The van der Waals surface area contributed by atoms with Gasteiger partial charge in [0.25, 0.3) is 0 Å². The van der Waals surface area contributed by atoms with Crippen molar-refractivity contribution in [2.45, 2.75) is 32.7 Å². The lowest BCUT2D eigenvalue weighted by Gasteiger charge is -2.12. The van der Waals surface area contributed by atoms with Crippen LogP contribution in [0.15, 0.2) is 5.16 Å². The average molecular weight is 219 g/mol. The summed E-state index contributed by atoms with van der Waals surface area (Å²) in [7, 11) is 0. The summed E-state index contributed by atoms with van der Waals surface area (Å²) < 4.78 is 0. The van der Waals surface area contributed by atoms with Crippen LogP contribution < -0.4 is 11.1 Å². The Morgan fingerprint density at radius 3 is 2.93 bits per heavy atom. The Labute approximate surface area is 90.3 Å². The molecule has 0 aromatic rings. The second-order valence-electron chi connectivity index (χ2n) is 3.18. The number of hydrogen-bond donors (Lipinski definition) is 3. The first kappa shape index (κ1) is 13.6. The highest BCUT2D eigenvalue weighted by molar-refractivity contribution is 7.99. The van der Waals surface area contributed by atoms with E-state index in [2.05, 4.69) is 24.3 Å². The normalized spacial score (nSPS) is 14.3. The Kier molecular flexibility index (Phi) is 8.87. The van der Waals surface area contributed by atoms with Crippen molar-refractivity contribution >= 4 is 17.6 Å². The summed E-state index contributed by atoms with van der Waals surface area (Å²) >= 11 is 1.95. The van der Waals surface area contributed by atoms with Gasteiger partial charge in [-0.2, -0.15) is 11.8 Å². The van der Waals surface area contributed by atoms with E-state index in [-0.39, 0.29) is 5.84 Å². The van der Waals surface area contributed by atoms with Gasteiger partial charge in [-0.1, -0.05) is 12.1 Å². The van der Waals surface area contributed by atoms with Crippen molar-refractivity contribution in [2.24, 2.45) is 10.9 Å². The maximum atomic E-state index is 8.31. The van der Waals surface area contributed by atoms with Crippen molar-refractivity contribution in [3.05, 3.63) is 0 Å². The van der Waals surface area contributed by atoms with Gasteiger partial charge in [0.05, 0.1) is 0 Å². The summed E-state index contributed by atoms with van der Waals surface area (Å²) in [6, 6.07) is 0.501. The Morgan fingerprint density at radius 1 is 1.64 bits per heavy atom. The fourth-order valence-electron chi connectivity index (χ4n) is 1.00. The summed E-state index contributed by atoms with van der Waals surface area (Å²) in [6.45, 7) is 5.09. The third kappa shape index (κ3) is 8.19. The minimum Gasteiger partial charge on any atom is -0.409 e. The topological polar surface area (TPSA) is 70.6 Å². The van der Waals surface area contributed by atoms with Crippen LogP contribution in [0.4, 0.5) is 0 Å². The molecule has 0 heterocycles. The molecule has 4 N–H and O–H groups in total. The zero-order valence-electron chi connectivity index (χ0n) is 8.99. The zero-order chi connectivity index (χ0) is 10.8. The molecule has 14 heavy (non-hydrogen) atoms. The van der Waals surface area contributed by atoms with Crippen molar-refractivity contribution < 1.29 is 5.21 Å². The standard InChI is InChI=1S/C9H21N3OS/c1-3-14-7-5-8(2)11-6-4-9(10)12-13/h8,11,13H,3-7H2,1-2H3,(H2,10,12). The molecule has 0 aliphatic heterocycles. The Morgan fingerprint density at radius 2 is 2.36 bits per heavy atom. The minimum atomic E-state index is 0.285. The van der Waals surface area contributed by atoms with Crippen LogP contribution in [0, 0.1) is 0 Å². The SMILES string of the molecule is CCSCCC(C)NCCC(N)=NO. The first-order valence-corrected chi connectivity index (χ1v) is 6.13. The summed E-state index contributed by atoms with van der Waals surface area (Å²) in [5, 5.41) is 14.5. The maximum Gasteiger partial charge on any atom is 0.140 e. The second-order valence-corrected chi connectivity index (χ2v) is 4.58. The third-order valence-electron chi connectivity index (χ3n) is 1.90. The number of thioether (sulfide) groups is 1. The van der Waals surface area contributed by atoms with E-state index in [1.54, 1.807) is 0 Å². The van der Waals surface area contributed by atoms with Crippen LogP contribution in [0.5, 0.6) is 0 Å². The summed E-state index contributed by atoms with van der Waals surface area (Å²) in [5.41, 5.74) is 5.34. The molecule has 0 bridgehead atoms. The molecule has 0 saturated carbocycles. The summed E-state index contributed by atoms with van der Waals surface area (Å²) in [4.78, 5) is 0. The molecular weight excluding hydrogens is 198 g/mol. The number of nitrogens with two attached hydrogens (primary N) is 1. The lowest BCUT2D eigenvalue weighted by molar-refractivity contribution is 0.316. The molecule has 1 unspecified atom stereocenters. The Hall–Kier alpha value is -0.420. The number of nitrogens with one attached hydrogen (secondary N) is 1. The van der Waals surface area contributed by atoms with Crippen LogP contribution in [0.1, 0.15) is 26.7 Å². The van der Waals surface area contributed by atoms with Crippen molar-refractivity contribution in [1.82, 2.24) is 5.32 Å². The van der Waals surface area contributed by atoms with Crippen LogP contribution in [0.2, 0.25) is 0 Å². The van der Waals surface area contributed by atoms with E-state index < -0.39 is 0 Å². The van der Waals surface area contributed by atoms with Gasteiger partial charge in [0, 0.05) is 19.0 Å². The number of amidine groups is 1. The first-order valence-electron chi connectivity index (χ1n) is 4.98.